The highest BCUT2D eigenvalue weighted by Gasteiger charge is 2.21. The second-order valence-corrected chi connectivity index (χ2v) is 5.60. The zero-order valence-electron chi connectivity index (χ0n) is 15.0. The van der Waals surface area contributed by atoms with E-state index in [1.165, 1.54) is 19.1 Å². The van der Waals surface area contributed by atoms with Gasteiger partial charge in [-0.05, 0) is 25.5 Å². The molecule has 142 valence electrons. The molecule has 27 heavy (non-hydrogen) atoms. The summed E-state index contributed by atoms with van der Waals surface area (Å²) in [6, 6.07) is 10.9. The Morgan fingerprint density at radius 2 is 1.85 bits per heavy atom. The number of carbonyl (C=O) groups is 3. The molecule has 1 heterocycles. The predicted octanol–water partition coefficient (Wildman–Crippen LogP) is 0.683. The largest absolute Gasteiger partial charge is 0.448 e. The smallest absolute Gasteiger partial charge is 0.359 e. The van der Waals surface area contributed by atoms with Gasteiger partial charge in [0.1, 0.15) is 0 Å². The van der Waals surface area contributed by atoms with Crippen LogP contribution in [-0.4, -0.2) is 40.3 Å². The standard InChI is InChI=1S/C18H20N4O5/c1-3-19-18(26)20-16(24)12(2)27-17(25)14-9-10-15(23)22(21-14)11-13-7-5-4-6-8-13/h4-10,12H,3,11H2,1-2H3,(H2,19,20,24,26). The van der Waals surface area contributed by atoms with Crippen LogP contribution in [0, 0.1) is 0 Å². The first kappa shape index (κ1) is 19.8. The van der Waals surface area contributed by atoms with E-state index in [1.54, 1.807) is 6.92 Å². The number of ether oxygens (including phenoxy) is 1. The number of amides is 3. The number of nitrogens with zero attached hydrogens (tertiary/aromatic N) is 2. The zero-order valence-corrected chi connectivity index (χ0v) is 15.0. The lowest BCUT2D eigenvalue weighted by Gasteiger charge is -2.13. The van der Waals surface area contributed by atoms with Crippen molar-refractivity contribution >= 4 is 17.9 Å². The van der Waals surface area contributed by atoms with Crippen LogP contribution in [0.4, 0.5) is 4.79 Å². The fraction of sp³-hybridized carbons (Fsp3) is 0.278. The highest BCUT2D eigenvalue weighted by Crippen LogP contribution is 2.03. The summed E-state index contributed by atoms with van der Waals surface area (Å²) in [5.41, 5.74) is 0.341. The Morgan fingerprint density at radius 3 is 2.52 bits per heavy atom. The van der Waals surface area contributed by atoms with E-state index in [-0.39, 0.29) is 17.8 Å². The third-order valence-corrected chi connectivity index (χ3v) is 3.48. The SMILES string of the molecule is CCNC(=O)NC(=O)C(C)OC(=O)c1ccc(=O)n(Cc2ccccc2)n1. The van der Waals surface area contributed by atoms with E-state index in [2.05, 4.69) is 10.4 Å². The Balaban J connectivity index is 2.06. The van der Waals surface area contributed by atoms with Crippen LogP contribution in [0.15, 0.2) is 47.3 Å². The maximum absolute atomic E-state index is 12.2. The van der Waals surface area contributed by atoms with Gasteiger partial charge in [-0.15, -0.1) is 0 Å². The van der Waals surface area contributed by atoms with Gasteiger partial charge in [-0.2, -0.15) is 5.10 Å². The summed E-state index contributed by atoms with van der Waals surface area (Å²) in [5.74, 6) is -1.65. The van der Waals surface area contributed by atoms with Crippen LogP contribution in [0.1, 0.15) is 29.9 Å². The van der Waals surface area contributed by atoms with Gasteiger partial charge in [-0.1, -0.05) is 30.3 Å². The second kappa shape index (κ2) is 9.27. The minimum absolute atomic E-state index is 0.122. The van der Waals surface area contributed by atoms with Crippen LogP contribution in [0.25, 0.3) is 0 Å². The minimum atomic E-state index is -1.21. The molecular weight excluding hydrogens is 352 g/mol. The van der Waals surface area contributed by atoms with E-state index >= 15 is 0 Å². The first-order valence-electron chi connectivity index (χ1n) is 8.32. The molecule has 2 rings (SSSR count). The van der Waals surface area contributed by atoms with Crippen LogP contribution in [-0.2, 0) is 16.1 Å². The van der Waals surface area contributed by atoms with Gasteiger partial charge in [0.2, 0.25) is 0 Å². The molecule has 0 saturated carbocycles. The summed E-state index contributed by atoms with van der Waals surface area (Å²) in [6.07, 6.45) is -1.21. The number of imide groups is 1. The number of hydrogen-bond donors (Lipinski definition) is 2. The van der Waals surface area contributed by atoms with Gasteiger partial charge in [0, 0.05) is 12.6 Å². The van der Waals surface area contributed by atoms with Crippen molar-refractivity contribution in [2.75, 3.05) is 6.54 Å². The highest BCUT2D eigenvalue weighted by molar-refractivity contribution is 5.98. The molecular formula is C18H20N4O5. The fourth-order valence-electron chi connectivity index (χ4n) is 2.12. The Kier molecular flexibility index (Phi) is 6.81. The Bertz CT molecular complexity index is 879. The van der Waals surface area contributed by atoms with Crippen LogP contribution < -0.4 is 16.2 Å². The average molecular weight is 372 g/mol. The third-order valence-electron chi connectivity index (χ3n) is 3.48. The predicted molar refractivity (Wildman–Crippen MR) is 96.1 cm³/mol. The molecule has 0 saturated heterocycles. The van der Waals surface area contributed by atoms with Gasteiger partial charge < -0.3 is 10.1 Å². The first-order chi connectivity index (χ1) is 12.9. The van der Waals surface area contributed by atoms with Gasteiger partial charge in [-0.3, -0.25) is 14.9 Å². The van der Waals surface area contributed by atoms with E-state index in [4.69, 9.17) is 4.74 Å². The molecule has 0 spiro atoms. The van der Waals surface area contributed by atoms with Crippen molar-refractivity contribution in [1.82, 2.24) is 20.4 Å². The van der Waals surface area contributed by atoms with Crippen molar-refractivity contribution in [2.45, 2.75) is 26.5 Å². The number of benzene rings is 1. The molecule has 3 amide bonds. The van der Waals surface area contributed by atoms with Crippen LogP contribution in [0.2, 0.25) is 0 Å². The summed E-state index contributed by atoms with van der Waals surface area (Å²) in [6.45, 7) is 3.56. The molecule has 0 radical (unpaired) electrons. The van der Waals surface area contributed by atoms with Crippen LogP contribution in [0.5, 0.6) is 0 Å². The number of urea groups is 1. The number of hydrogen-bond acceptors (Lipinski definition) is 6. The van der Waals surface area contributed by atoms with Crippen LogP contribution >= 0.6 is 0 Å². The van der Waals surface area contributed by atoms with Crippen molar-refractivity contribution in [3.8, 4) is 0 Å². The molecule has 9 nitrogen and oxygen atoms in total. The molecule has 0 aliphatic rings. The normalized spacial score (nSPS) is 11.3. The third kappa shape index (κ3) is 5.77. The van der Waals surface area contributed by atoms with Crippen LogP contribution in [0.3, 0.4) is 0 Å². The summed E-state index contributed by atoms with van der Waals surface area (Å²) in [5, 5.41) is 8.43. The van der Waals surface area contributed by atoms with E-state index in [0.717, 1.165) is 10.2 Å². The maximum Gasteiger partial charge on any atom is 0.359 e. The summed E-state index contributed by atoms with van der Waals surface area (Å²) in [4.78, 5) is 47.3. The molecule has 0 fully saturated rings. The molecule has 0 bridgehead atoms. The van der Waals surface area contributed by atoms with Gasteiger partial charge in [0.25, 0.3) is 11.5 Å². The van der Waals surface area contributed by atoms with Crippen molar-refractivity contribution in [3.05, 3.63) is 64.1 Å². The summed E-state index contributed by atoms with van der Waals surface area (Å²) >= 11 is 0. The molecule has 1 unspecified atom stereocenters. The lowest BCUT2D eigenvalue weighted by atomic mass is 10.2. The molecule has 1 aromatic heterocycles. The number of carbonyl (C=O) groups excluding carboxylic acids is 3. The van der Waals surface area contributed by atoms with Gasteiger partial charge in [0.15, 0.2) is 11.8 Å². The quantitative estimate of drug-likeness (QED) is 0.720. The van der Waals surface area contributed by atoms with E-state index in [9.17, 15) is 19.2 Å². The number of aromatic nitrogens is 2. The molecule has 0 aliphatic heterocycles. The molecule has 1 aromatic carbocycles. The number of rotatable bonds is 6. The lowest BCUT2D eigenvalue weighted by molar-refractivity contribution is -0.127. The topological polar surface area (TPSA) is 119 Å². The van der Waals surface area contributed by atoms with E-state index in [0.29, 0.717) is 6.54 Å². The molecule has 0 aliphatic carbocycles. The summed E-state index contributed by atoms with van der Waals surface area (Å²) < 4.78 is 6.14. The maximum atomic E-state index is 12.2. The molecule has 2 aromatic rings. The van der Waals surface area contributed by atoms with Crippen molar-refractivity contribution < 1.29 is 19.1 Å². The van der Waals surface area contributed by atoms with Crippen molar-refractivity contribution in [2.24, 2.45) is 0 Å². The Hall–Kier alpha value is -3.49. The second-order valence-electron chi connectivity index (χ2n) is 5.60. The molecule has 1 atom stereocenters. The first-order valence-corrected chi connectivity index (χ1v) is 8.32. The fourth-order valence-corrected chi connectivity index (χ4v) is 2.12. The van der Waals surface area contributed by atoms with E-state index < -0.39 is 24.0 Å². The van der Waals surface area contributed by atoms with Gasteiger partial charge >= 0.3 is 12.0 Å². The average Bonchev–Trinajstić information content (AvgIpc) is 2.64. The van der Waals surface area contributed by atoms with E-state index in [1.807, 2.05) is 35.6 Å². The highest BCUT2D eigenvalue weighted by atomic mass is 16.5. The van der Waals surface area contributed by atoms with Gasteiger partial charge in [-0.25, -0.2) is 14.3 Å². The Labute approximate surface area is 155 Å². The monoisotopic (exact) mass is 372 g/mol. The van der Waals surface area contributed by atoms with Gasteiger partial charge in [0.05, 0.1) is 6.54 Å². The zero-order chi connectivity index (χ0) is 19.8. The molecule has 2 N–H and O–H groups in total. The van der Waals surface area contributed by atoms with Crippen molar-refractivity contribution in [3.63, 3.8) is 0 Å². The number of nitrogens with one attached hydrogen (secondary N) is 2. The van der Waals surface area contributed by atoms with Crippen molar-refractivity contribution in [1.29, 1.82) is 0 Å². The lowest BCUT2D eigenvalue weighted by Crippen LogP contribution is -2.44. The number of esters is 1. The minimum Gasteiger partial charge on any atom is -0.448 e. The Morgan fingerprint density at radius 1 is 1.15 bits per heavy atom. The summed E-state index contributed by atoms with van der Waals surface area (Å²) in [7, 11) is 0. The molecule has 9 heteroatoms.